The molecule has 1 aromatic heterocycles. The monoisotopic (exact) mass is 1770 g/mol. The smallest absolute Gasteiger partial charge is 0.127 e. The molecule has 123 heavy (non-hydrogen) atoms. The van der Waals surface area contributed by atoms with Crippen molar-refractivity contribution >= 4 is 0 Å². The number of aromatic nitrogens is 1. The Bertz CT molecular complexity index is 4280. The van der Waals surface area contributed by atoms with Crippen LogP contribution in [0.1, 0.15) is 373 Å². The summed E-state index contributed by atoms with van der Waals surface area (Å²) in [7, 11) is 0. The van der Waals surface area contributed by atoms with E-state index in [1.807, 2.05) is 33.9 Å². The largest absolute Gasteiger partial charge is 0.507 e. The van der Waals surface area contributed by atoms with Crippen LogP contribution in [-0.2, 0) is 84.1 Å². The van der Waals surface area contributed by atoms with Gasteiger partial charge in [-0.05, 0) is 414 Å². The van der Waals surface area contributed by atoms with Crippen molar-refractivity contribution < 1.29 is 71.3 Å². The summed E-state index contributed by atoms with van der Waals surface area (Å²) in [6, 6.07) is 13.3. The summed E-state index contributed by atoms with van der Waals surface area (Å²) in [6.45, 7) is 79.5. The fourth-order valence-corrected chi connectivity index (χ4v) is 20.5. The van der Waals surface area contributed by atoms with Crippen molar-refractivity contribution in [1.29, 1.82) is 0 Å². The van der Waals surface area contributed by atoms with Gasteiger partial charge in [0.1, 0.15) is 81.6 Å². The minimum atomic E-state index is -0.0677. The third-order valence-electron chi connectivity index (χ3n) is 27.2. The van der Waals surface area contributed by atoms with Gasteiger partial charge in [-0.2, -0.15) is 0 Å². The van der Waals surface area contributed by atoms with Crippen molar-refractivity contribution in [1.82, 2.24) is 4.98 Å². The van der Waals surface area contributed by atoms with Crippen LogP contribution < -0.4 is 28.4 Å². The number of aryl methyl sites for hydroxylation is 3. The molecule has 1 fully saturated rings. The number of hydrogen-bond acceptors (Lipinski definition) is 9. The van der Waals surface area contributed by atoms with Crippen molar-refractivity contribution in [3.8, 4) is 46.0 Å². The Kier molecular flexibility index (Phi) is 42.6. The van der Waals surface area contributed by atoms with Crippen molar-refractivity contribution in [2.45, 2.75) is 418 Å². The predicted molar refractivity (Wildman–Crippen MR) is 523 cm³/mol. The average molecular weight is 1770 g/mol. The van der Waals surface area contributed by atoms with Crippen LogP contribution in [0, 0.1) is 136 Å². The van der Waals surface area contributed by atoms with Gasteiger partial charge in [-0.15, -0.1) is 0 Å². The second-order valence-corrected chi connectivity index (χ2v) is 42.8. The standard InChI is InChI=1S/C22H34O2.C20H30O2.2C17H26O2.C14H20.C12H19N.C11H22.Y/c1-14(2)10-12-23-20-16(5)17(6)21-19(18(20)7)9-11-22(8,24-21)13-15(3)4;1-8-11-21-18-14(4)15(5)19-17(16(18)6)9-10-20(7,22-19)12-13(2)3;2*1-10(2)9-17(6)8-7-14-13(5)15(18)11(3)12(4)16(14)19-17;1-11(2)9-12-7-8-13-5-3-4-6-14(13)10-12;1-4-11-6-8-12(13-9-11)7-5-10(2)3;1-10(2)9-11(3)7-5-4-6-8-11;/h10,15H,9,11-13H2,1-8H3;8,13H,1,9-12H2,2-7H3;2*10,18H,7-9H2,1-6H3;3-6,11-12H,7-10H2,1-2H3;6,8-10H,4-5,7H2,1-3H3;10H,4-9H2,1-3H3;. The normalized spacial score (nSPS) is 20.1. The van der Waals surface area contributed by atoms with E-state index < -0.39 is 0 Å². The molecular weight excluding hydrogens is 1590 g/mol. The van der Waals surface area contributed by atoms with Crippen LogP contribution in [0.25, 0.3) is 0 Å². The van der Waals surface area contributed by atoms with Crippen LogP contribution in [0.2, 0.25) is 0 Å². The minimum Gasteiger partial charge on any atom is -0.507 e. The quantitative estimate of drug-likeness (QED) is 0.0643. The maximum Gasteiger partial charge on any atom is 0.127 e. The van der Waals surface area contributed by atoms with E-state index in [0.29, 0.717) is 53.8 Å². The van der Waals surface area contributed by atoms with Gasteiger partial charge >= 0.3 is 0 Å². The maximum absolute atomic E-state index is 10.2. The van der Waals surface area contributed by atoms with Gasteiger partial charge in [-0.3, -0.25) is 4.98 Å². The Labute approximate surface area is 779 Å². The number of phenols is 2. The van der Waals surface area contributed by atoms with Crippen molar-refractivity contribution in [3.63, 3.8) is 0 Å². The molecule has 10 heteroatoms. The van der Waals surface area contributed by atoms with Crippen LogP contribution in [-0.4, -0.2) is 50.8 Å². The van der Waals surface area contributed by atoms with E-state index in [1.54, 1.807) is 17.2 Å². The second kappa shape index (κ2) is 48.6. The summed E-state index contributed by atoms with van der Waals surface area (Å²) in [5, 5.41) is 20.3. The van der Waals surface area contributed by atoms with Crippen LogP contribution in [0.4, 0.5) is 0 Å². The molecule has 4 aliphatic heterocycles. The minimum absolute atomic E-state index is 0. The van der Waals surface area contributed by atoms with Crippen molar-refractivity contribution in [3.05, 3.63) is 178 Å². The Morgan fingerprint density at radius 2 is 0.821 bits per heavy atom. The summed E-state index contributed by atoms with van der Waals surface area (Å²) >= 11 is 0. The first-order valence-electron chi connectivity index (χ1n) is 48.2. The molecule has 0 bridgehead atoms. The number of ether oxygens (including phenoxy) is 6. The summed E-state index contributed by atoms with van der Waals surface area (Å²) in [5.41, 5.74) is 25.9. The zero-order valence-electron chi connectivity index (χ0n) is 85.0. The zero-order valence-corrected chi connectivity index (χ0v) is 87.8. The molecule has 0 saturated heterocycles. The van der Waals surface area contributed by atoms with Gasteiger partial charge in [-0.1, -0.05) is 179 Å². The van der Waals surface area contributed by atoms with E-state index in [9.17, 15) is 10.2 Å². The maximum atomic E-state index is 10.2. The predicted octanol–water partition coefficient (Wildman–Crippen LogP) is 31.4. The number of pyridine rings is 1. The molecule has 6 aromatic rings. The van der Waals surface area contributed by atoms with Crippen LogP contribution >= 0.6 is 0 Å². The van der Waals surface area contributed by atoms with Gasteiger partial charge in [0.15, 0.2) is 0 Å². The molecule has 9 nitrogen and oxygen atoms in total. The van der Waals surface area contributed by atoms with Crippen LogP contribution in [0.5, 0.6) is 46.0 Å². The number of fused-ring (bicyclic) bond motifs is 5. The molecule has 6 aliphatic rings. The number of aromatic hydroxyl groups is 2. The molecule has 1 saturated carbocycles. The van der Waals surface area contributed by atoms with E-state index in [2.05, 4.69) is 262 Å². The molecule has 5 heterocycles. The average Bonchev–Trinajstić information content (AvgIpc) is 0.781. The summed E-state index contributed by atoms with van der Waals surface area (Å²) in [5.74, 6) is 13.1. The number of allylic oxidation sites excluding steroid dienone is 1. The summed E-state index contributed by atoms with van der Waals surface area (Å²) in [4.78, 5) is 4.42. The van der Waals surface area contributed by atoms with Gasteiger partial charge in [0, 0.05) is 66.9 Å². The first kappa shape index (κ1) is 108. The number of phenolic OH excluding ortho intramolecular Hbond substituents is 2. The third kappa shape index (κ3) is 31.3. The molecule has 2 N–H and O–H groups in total. The number of rotatable bonds is 22. The van der Waals surface area contributed by atoms with Gasteiger partial charge in [-0.25, -0.2) is 0 Å². The Hall–Kier alpha value is -5.77. The molecule has 5 atom stereocenters. The molecule has 1 radical (unpaired) electrons. The Balaban J connectivity index is 0.000000258. The van der Waals surface area contributed by atoms with E-state index in [-0.39, 0.29) is 55.1 Å². The van der Waals surface area contributed by atoms with E-state index >= 15 is 0 Å². The Morgan fingerprint density at radius 3 is 1.16 bits per heavy atom. The van der Waals surface area contributed by atoms with Crippen molar-refractivity contribution in [2.24, 2.45) is 52.8 Å². The fraction of sp³-hybridized carbons (Fsp3) is 0.655. The fourth-order valence-electron chi connectivity index (χ4n) is 20.5. The van der Waals surface area contributed by atoms with E-state index in [1.165, 1.54) is 143 Å². The third-order valence-corrected chi connectivity index (χ3v) is 27.2. The second-order valence-electron chi connectivity index (χ2n) is 42.8. The van der Waals surface area contributed by atoms with E-state index in [4.69, 9.17) is 28.4 Å². The number of benzene rings is 5. The van der Waals surface area contributed by atoms with Crippen LogP contribution in [0.15, 0.2) is 66.9 Å². The van der Waals surface area contributed by atoms with Gasteiger partial charge in [0.2, 0.25) is 0 Å². The first-order valence-corrected chi connectivity index (χ1v) is 48.2. The number of nitrogens with zero attached hydrogens (tertiary/aromatic N) is 1. The molecule has 685 valence electrons. The summed E-state index contributed by atoms with van der Waals surface area (Å²) < 4.78 is 37.8. The van der Waals surface area contributed by atoms with Crippen LogP contribution in [0.3, 0.4) is 0 Å². The molecule has 0 spiro atoms. The first-order chi connectivity index (χ1) is 57.0. The molecule has 5 aromatic carbocycles. The zero-order chi connectivity index (χ0) is 91.3. The van der Waals surface area contributed by atoms with Gasteiger partial charge in [0.05, 0.1) is 0 Å². The molecular formula is C113H177NO8Y. The topological polar surface area (TPSA) is 109 Å². The SMILES string of the molecule is C=CCOc1c(C)c(C)c2c(c1C)CCC(C)(CC(C)C)O2.CC(C)=CCOc1c(C)c(C)c2c(c1C)CCC(C)(CC(C)C)O2.CC(C)CC1(C)CCCCC1.CC(C)CC1CCc2ccccc2C1.CCc1ccc(CCC(C)C)nc1.Cc1c(C)c2c(c(C)c1O)CCC(C)(CC(C)C)O2.Cc1c(C)c2c(c(C)c1O)CCC(C)(CC(C)C)O2.[Y]. The molecule has 0 amide bonds. The summed E-state index contributed by atoms with van der Waals surface area (Å²) in [6.07, 6.45) is 36.3. The number of hydrogen-bond donors (Lipinski definition) is 2. The molecule has 5 unspecified atom stereocenters. The van der Waals surface area contributed by atoms with Crippen molar-refractivity contribution in [2.75, 3.05) is 13.2 Å². The van der Waals surface area contributed by atoms with E-state index in [0.717, 1.165) is 181 Å². The van der Waals surface area contributed by atoms with Gasteiger partial charge in [0.25, 0.3) is 0 Å². The van der Waals surface area contributed by atoms with Gasteiger partial charge < -0.3 is 38.6 Å². The Morgan fingerprint density at radius 1 is 0.447 bits per heavy atom. The molecule has 12 rings (SSSR count). The molecule has 2 aliphatic carbocycles.